The maximum absolute atomic E-state index is 11.9. The Morgan fingerprint density at radius 2 is 1.89 bits per heavy atom. The zero-order valence-corrected chi connectivity index (χ0v) is 11.0. The van der Waals surface area contributed by atoms with E-state index in [0.29, 0.717) is 12.2 Å². The highest BCUT2D eigenvalue weighted by Gasteiger charge is 2.43. The summed E-state index contributed by atoms with van der Waals surface area (Å²) in [5.74, 6) is -0.980. The molecule has 1 aromatic rings. The SMILES string of the molecule is CCC1(CC)CN(c2ccc(C(=O)O)cc2)C(=O)O1. The summed E-state index contributed by atoms with van der Waals surface area (Å²) in [5.41, 5.74) is 0.440. The van der Waals surface area contributed by atoms with E-state index >= 15 is 0 Å². The van der Waals surface area contributed by atoms with E-state index in [1.165, 1.54) is 12.1 Å². The summed E-state index contributed by atoms with van der Waals surface area (Å²) in [5, 5.41) is 8.85. The number of hydrogen-bond donors (Lipinski definition) is 1. The second-order valence-electron chi connectivity index (χ2n) is 4.70. The van der Waals surface area contributed by atoms with E-state index in [2.05, 4.69) is 0 Å². The highest BCUT2D eigenvalue weighted by Crippen LogP contribution is 2.32. The van der Waals surface area contributed by atoms with Crippen molar-refractivity contribution in [2.24, 2.45) is 0 Å². The van der Waals surface area contributed by atoms with Gasteiger partial charge in [0, 0.05) is 5.69 Å². The molecule has 1 N–H and O–H groups in total. The number of benzene rings is 1. The van der Waals surface area contributed by atoms with Gasteiger partial charge in [-0.3, -0.25) is 4.90 Å². The van der Waals surface area contributed by atoms with E-state index < -0.39 is 11.6 Å². The lowest BCUT2D eigenvalue weighted by Gasteiger charge is -2.23. The molecule has 0 unspecified atom stereocenters. The van der Waals surface area contributed by atoms with Gasteiger partial charge in [-0.25, -0.2) is 9.59 Å². The van der Waals surface area contributed by atoms with Gasteiger partial charge in [0.25, 0.3) is 0 Å². The molecule has 2 rings (SSSR count). The lowest BCUT2D eigenvalue weighted by atomic mass is 9.97. The van der Waals surface area contributed by atoms with Gasteiger partial charge >= 0.3 is 12.1 Å². The molecule has 0 bridgehead atoms. The van der Waals surface area contributed by atoms with Crippen LogP contribution < -0.4 is 4.90 Å². The number of carboxylic acids is 1. The van der Waals surface area contributed by atoms with E-state index in [9.17, 15) is 9.59 Å². The number of carbonyl (C=O) groups is 2. The number of carboxylic acid groups (broad SMARTS) is 1. The van der Waals surface area contributed by atoms with Crippen LogP contribution in [0.3, 0.4) is 0 Å². The minimum Gasteiger partial charge on any atom is -0.478 e. The summed E-state index contributed by atoms with van der Waals surface area (Å²) in [6.45, 7) is 4.49. The third-order valence-electron chi connectivity index (χ3n) is 3.69. The van der Waals surface area contributed by atoms with Crippen LogP contribution in [0.5, 0.6) is 0 Å². The molecular weight excluding hydrogens is 246 g/mol. The van der Waals surface area contributed by atoms with E-state index in [1.807, 2.05) is 13.8 Å². The fourth-order valence-corrected chi connectivity index (χ4v) is 2.22. The summed E-state index contributed by atoms with van der Waals surface area (Å²) in [6.07, 6.45) is 1.16. The Morgan fingerprint density at radius 1 is 1.32 bits per heavy atom. The Bertz CT molecular complexity index is 491. The molecule has 1 saturated heterocycles. The van der Waals surface area contributed by atoms with Gasteiger partial charge in [-0.05, 0) is 37.1 Å². The van der Waals surface area contributed by atoms with Gasteiger partial charge in [-0.15, -0.1) is 0 Å². The first kappa shape index (κ1) is 13.4. The first-order valence-electron chi connectivity index (χ1n) is 6.35. The zero-order chi connectivity index (χ0) is 14.0. The number of anilines is 1. The number of aromatic carboxylic acids is 1. The van der Waals surface area contributed by atoms with Gasteiger partial charge in [0.15, 0.2) is 0 Å². The molecule has 0 saturated carbocycles. The molecule has 1 aliphatic rings. The molecule has 0 atom stereocenters. The Balaban J connectivity index is 2.23. The molecule has 5 heteroatoms. The molecule has 0 aromatic heterocycles. The van der Waals surface area contributed by atoms with Crippen LogP contribution in [0.4, 0.5) is 10.5 Å². The van der Waals surface area contributed by atoms with E-state index in [-0.39, 0.29) is 11.7 Å². The monoisotopic (exact) mass is 263 g/mol. The van der Waals surface area contributed by atoms with Crippen molar-refractivity contribution in [1.29, 1.82) is 0 Å². The number of hydrogen-bond acceptors (Lipinski definition) is 3. The topological polar surface area (TPSA) is 66.8 Å². The maximum Gasteiger partial charge on any atom is 0.415 e. The molecule has 102 valence electrons. The van der Waals surface area contributed by atoms with Crippen molar-refractivity contribution in [2.45, 2.75) is 32.3 Å². The zero-order valence-electron chi connectivity index (χ0n) is 11.0. The average molecular weight is 263 g/mol. The molecule has 1 heterocycles. The van der Waals surface area contributed by atoms with Crippen LogP contribution in [0.15, 0.2) is 24.3 Å². The molecule has 1 fully saturated rings. The number of rotatable bonds is 4. The van der Waals surface area contributed by atoms with Crippen LogP contribution in [0, 0.1) is 0 Å². The molecule has 19 heavy (non-hydrogen) atoms. The molecule has 0 spiro atoms. The number of nitrogens with zero attached hydrogens (tertiary/aromatic N) is 1. The van der Waals surface area contributed by atoms with Crippen molar-refractivity contribution in [3.05, 3.63) is 29.8 Å². The van der Waals surface area contributed by atoms with Crippen molar-refractivity contribution in [3.63, 3.8) is 0 Å². The number of amides is 1. The highest BCUT2D eigenvalue weighted by atomic mass is 16.6. The fourth-order valence-electron chi connectivity index (χ4n) is 2.22. The van der Waals surface area contributed by atoms with Crippen LogP contribution in [0.25, 0.3) is 0 Å². The Morgan fingerprint density at radius 3 is 2.32 bits per heavy atom. The lowest BCUT2D eigenvalue weighted by molar-refractivity contribution is 0.0504. The van der Waals surface area contributed by atoms with Crippen molar-refractivity contribution in [3.8, 4) is 0 Å². The summed E-state index contributed by atoms with van der Waals surface area (Å²) in [7, 11) is 0. The van der Waals surface area contributed by atoms with Gasteiger partial charge in [0.2, 0.25) is 0 Å². The van der Waals surface area contributed by atoms with E-state index in [1.54, 1.807) is 17.0 Å². The molecular formula is C14H17NO4. The van der Waals surface area contributed by atoms with Crippen molar-refractivity contribution in [2.75, 3.05) is 11.4 Å². The minimum absolute atomic E-state index is 0.202. The summed E-state index contributed by atoms with van der Waals surface area (Å²) >= 11 is 0. The fraction of sp³-hybridized carbons (Fsp3) is 0.429. The minimum atomic E-state index is -0.980. The second kappa shape index (κ2) is 4.91. The van der Waals surface area contributed by atoms with Crippen molar-refractivity contribution >= 4 is 17.7 Å². The molecule has 1 aliphatic heterocycles. The third-order valence-corrected chi connectivity index (χ3v) is 3.69. The van der Waals surface area contributed by atoms with Gasteiger partial charge in [0.1, 0.15) is 5.60 Å². The molecule has 0 radical (unpaired) electrons. The van der Waals surface area contributed by atoms with Crippen LogP contribution >= 0.6 is 0 Å². The standard InChI is InChI=1S/C14H17NO4/c1-3-14(4-2)9-15(13(18)19-14)11-7-5-10(6-8-11)12(16)17/h5-8H,3-4,9H2,1-2H3,(H,16,17). The first-order valence-corrected chi connectivity index (χ1v) is 6.35. The predicted molar refractivity (Wildman–Crippen MR) is 70.5 cm³/mol. The van der Waals surface area contributed by atoms with E-state index in [4.69, 9.17) is 9.84 Å². The van der Waals surface area contributed by atoms with Crippen LogP contribution in [-0.2, 0) is 4.74 Å². The normalized spacial score (nSPS) is 17.4. The van der Waals surface area contributed by atoms with Crippen LogP contribution in [-0.4, -0.2) is 29.3 Å². The Hall–Kier alpha value is -2.04. The first-order chi connectivity index (χ1) is 9.01. The number of cyclic esters (lactones) is 1. The average Bonchev–Trinajstić information content (AvgIpc) is 2.77. The predicted octanol–water partition coefficient (Wildman–Crippen LogP) is 2.90. The lowest BCUT2D eigenvalue weighted by Crippen LogP contribution is -2.33. The molecule has 1 aromatic carbocycles. The highest BCUT2D eigenvalue weighted by molar-refractivity contribution is 5.92. The van der Waals surface area contributed by atoms with Crippen molar-refractivity contribution in [1.82, 2.24) is 0 Å². The molecule has 0 aliphatic carbocycles. The number of carbonyl (C=O) groups excluding carboxylic acids is 1. The van der Waals surface area contributed by atoms with Crippen molar-refractivity contribution < 1.29 is 19.4 Å². The van der Waals surface area contributed by atoms with Crippen LogP contribution in [0.2, 0.25) is 0 Å². The molecule has 5 nitrogen and oxygen atoms in total. The van der Waals surface area contributed by atoms with Crippen LogP contribution in [0.1, 0.15) is 37.0 Å². The summed E-state index contributed by atoms with van der Waals surface area (Å²) < 4.78 is 5.46. The van der Waals surface area contributed by atoms with Gasteiger partial charge < -0.3 is 9.84 Å². The largest absolute Gasteiger partial charge is 0.478 e. The second-order valence-corrected chi connectivity index (χ2v) is 4.70. The van der Waals surface area contributed by atoms with Gasteiger partial charge in [0.05, 0.1) is 12.1 Å². The number of ether oxygens (including phenoxy) is 1. The quantitative estimate of drug-likeness (QED) is 0.907. The maximum atomic E-state index is 11.9. The van der Waals surface area contributed by atoms with Gasteiger partial charge in [-0.1, -0.05) is 13.8 Å². The third kappa shape index (κ3) is 2.41. The molecule has 1 amide bonds. The Labute approximate surface area is 111 Å². The Kier molecular flexibility index (Phi) is 3.46. The smallest absolute Gasteiger partial charge is 0.415 e. The van der Waals surface area contributed by atoms with Gasteiger partial charge in [-0.2, -0.15) is 0 Å². The summed E-state index contributed by atoms with van der Waals surface area (Å²) in [4.78, 5) is 24.3. The van der Waals surface area contributed by atoms with E-state index in [0.717, 1.165) is 12.8 Å². The summed E-state index contributed by atoms with van der Waals surface area (Å²) in [6, 6.07) is 6.24.